The summed E-state index contributed by atoms with van der Waals surface area (Å²) in [7, 11) is 0. The van der Waals surface area contributed by atoms with Gasteiger partial charge in [-0.15, -0.1) is 0 Å². The Morgan fingerprint density at radius 3 is 2.57 bits per heavy atom. The van der Waals surface area contributed by atoms with Crippen LogP contribution in [0.15, 0.2) is 65.9 Å². The Morgan fingerprint density at radius 1 is 0.929 bits per heavy atom. The van der Waals surface area contributed by atoms with Crippen LogP contribution in [0.2, 0.25) is 0 Å². The van der Waals surface area contributed by atoms with Crippen molar-refractivity contribution in [1.82, 2.24) is 34.9 Å². The third-order valence-electron chi connectivity index (χ3n) is 3.85. The number of H-pyrrole nitrogens is 1. The minimum absolute atomic E-state index is 0. The van der Waals surface area contributed by atoms with Crippen LogP contribution in [0.4, 0.5) is 0 Å². The fourth-order valence-corrected chi connectivity index (χ4v) is 2.67. The number of hydrogen-bond acceptors (Lipinski definition) is 7. The highest BCUT2D eigenvalue weighted by atomic mass is 16.3. The third kappa shape index (κ3) is 3.23. The molecule has 28 heavy (non-hydrogen) atoms. The zero-order valence-corrected chi connectivity index (χ0v) is 15.4. The van der Waals surface area contributed by atoms with Crippen molar-refractivity contribution in [3.8, 4) is 34.2 Å². The molecule has 0 aliphatic rings. The van der Waals surface area contributed by atoms with Crippen LogP contribution in [-0.4, -0.2) is 34.9 Å². The lowest BCUT2D eigenvalue weighted by atomic mass is 10.2. The summed E-state index contributed by atoms with van der Waals surface area (Å²) in [5.41, 5.74) is 3.73. The van der Waals surface area contributed by atoms with Crippen molar-refractivity contribution in [2.24, 2.45) is 0 Å². The Balaban J connectivity index is 0.000000778. The maximum absolute atomic E-state index is 5.53. The second-order valence-corrected chi connectivity index (χ2v) is 5.49. The minimum Gasteiger partial charge on any atom is -0.463 e. The van der Waals surface area contributed by atoms with Gasteiger partial charge in [-0.2, -0.15) is 0 Å². The van der Waals surface area contributed by atoms with E-state index in [0.29, 0.717) is 40.0 Å². The molecule has 8 heteroatoms. The number of nitrogens with one attached hydrogen (secondary N) is 1. The van der Waals surface area contributed by atoms with Gasteiger partial charge in [0.2, 0.25) is 0 Å². The first-order valence-electron chi connectivity index (χ1n) is 8.87. The van der Waals surface area contributed by atoms with Crippen molar-refractivity contribution in [2.45, 2.75) is 13.8 Å². The van der Waals surface area contributed by atoms with Crippen molar-refractivity contribution in [1.29, 1.82) is 0 Å². The Kier molecular flexibility index (Phi) is 4.83. The number of imidazole rings is 1. The van der Waals surface area contributed by atoms with Gasteiger partial charge in [0, 0.05) is 25.6 Å². The molecule has 0 saturated carbocycles. The zero-order valence-electron chi connectivity index (χ0n) is 15.4. The van der Waals surface area contributed by atoms with Crippen LogP contribution >= 0.6 is 0 Å². The zero-order chi connectivity index (χ0) is 19.3. The Hall–Kier alpha value is -3.94. The quantitative estimate of drug-likeness (QED) is 0.499. The van der Waals surface area contributed by atoms with Gasteiger partial charge >= 0.3 is 0 Å². The summed E-state index contributed by atoms with van der Waals surface area (Å²) in [6.45, 7) is 4.00. The second kappa shape index (κ2) is 7.75. The van der Waals surface area contributed by atoms with E-state index in [1.54, 1.807) is 37.0 Å². The van der Waals surface area contributed by atoms with E-state index in [2.05, 4.69) is 34.9 Å². The molecule has 5 heterocycles. The molecule has 0 spiro atoms. The summed E-state index contributed by atoms with van der Waals surface area (Å²) < 4.78 is 5.53. The number of aromatic nitrogens is 7. The number of aromatic amines is 1. The van der Waals surface area contributed by atoms with Crippen LogP contribution in [0.3, 0.4) is 0 Å². The van der Waals surface area contributed by atoms with Crippen LogP contribution in [-0.2, 0) is 0 Å². The number of pyridine rings is 1. The Morgan fingerprint density at radius 2 is 1.86 bits per heavy atom. The van der Waals surface area contributed by atoms with Gasteiger partial charge in [-0.05, 0) is 30.3 Å². The number of nitrogens with zero attached hydrogens (tertiary/aromatic N) is 6. The molecule has 0 atom stereocenters. The first-order chi connectivity index (χ1) is 13.9. The molecule has 0 bridgehead atoms. The average molecular weight is 373 g/mol. The molecule has 1 N–H and O–H groups in total. The van der Waals surface area contributed by atoms with Gasteiger partial charge < -0.3 is 9.40 Å². The lowest BCUT2D eigenvalue weighted by molar-refractivity contribution is 0.580. The predicted octanol–water partition coefficient (Wildman–Crippen LogP) is 4.40. The van der Waals surface area contributed by atoms with E-state index in [0.717, 1.165) is 5.56 Å². The summed E-state index contributed by atoms with van der Waals surface area (Å²) in [4.78, 5) is 29.5. The van der Waals surface area contributed by atoms with Crippen molar-refractivity contribution < 1.29 is 5.84 Å². The highest BCUT2D eigenvalue weighted by Crippen LogP contribution is 2.30. The smallest absolute Gasteiger partial charge is 0.198 e. The van der Waals surface area contributed by atoms with E-state index in [1.165, 1.54) is 6.33 Å². The predicted molar refractivity (Wildman–Crippen MR) is 107 cm³/mol. The molecule has 5 rings (SSSR count). The fourth-order valence-electron chi connectivity index (χ4n) is 2.67. The van der Waals surface area contributed by atoms with Gasteiger partial charge in [-0.25, -0.2) is 24.9 Å². The van der Waals surface area contributed by atoms with Crippen LogP contribution in [0.1, 0.15) is 15.3 Å². The van der Waals surface area contributed by atoms with Gasteiger partial charge in [0.15, 0.2) is 17.1 Å². The molecule has 0 fully saturated rings. The fraction of sp³-hybridized carbons (Fsp3) is 0.100. The number of fused-ring (bicyclic) bond motifs is 1. The summed E-state index contributed by atoms with van der Waals surface area (Å²) in [5, 5.41) is 0. The average Bonchev–Trinajstić information content (AvgIpc) is 3.45. The summed E-state index contributed by atoms with van der Waals surface area (Å²) in [6.07, 6.45) is 8.17. The molecule has 140 valence electrons. The van der Waals surface area contributed by atoms with Crippen molar-refractivity contribution in [3.05, 3.63) is 61.5 Å². The SMILES string of the molecule is CC.[HH].c1cncc(-c2nc3nc(-c4ccncn4)c(-c4ccco4)nc3[nH]2)c1. The summed E-state index contributed by atoms with van der Waals surface area (Å²) >= 11 is 0. The van der Waals surface area contributed by atoms with E-state index in [1.807, 2.05) is 32.0 Å². The Bertz CT molecular complexity index is 1180. The highest BCUT2D eigenvalue weighted by molar-refractivity contribution is 5.82. The lowest BCUT2D eigenvalue weighted by Crippen LogP contribution is -1.96. The maximum atomic E-state index is 5.53. The van der Waals surface area contributed by atoms with Crippen molar-refractivity contribution >= 4 is 11.3 Å². The van der Waals surface area contributed by atoms with Gasteiger partial charge in [-0.1, -0.05) is 13.8 Å². The molecule has 0 unspecified atom stereocenters. The second-order valence-electron chi connectivity index (χ2n) is 5.49. The van der Waals surface area contributed by atoms with Crippen molar-refractivity contribution in [3.63, 3.8) is 0 Å². The molecule has 0 aliphatic carbocycles. The molecular weight excluding hydrogens is 354 g/mol. The van der Waals surface area contributed by atoms with E-state index in [-0.39, 0.29) is 1.43 Å². The first-order valence-corrected chi connectivity index (χ1v) is 8.87. The van der Waals surface area contributed by atoms with Gasteiger partial charge in [0.05, 0.1) is 12.0 Å². The Labute approximate surface area is 162 Å². The first kappa shape index (κ1) is 17.5. The van der Waals surface area contributed by atoms with Crippen molar-refractivity contribution in [2.75, 3.05) is 0 Å². The van der Waals surface area contributed by atoms with E-state index in [4.69, 9.17) is 4.42 Å². The maximum Gasteiger partial charge on any atom is 0.198 e. The molecular formula is C20H19N7O. The van der Waals surface area contributed by atoms with Crippen LogP contribution < -0.4 is 0 Å². The third-order valence-corrected chi connectivity index (χ3v) is 3.85. The number of rotatable bonds is 3. The monoisotopic (exact) mass is 373 g/mol. The van der Waals surface area contributed by atoms with Crippen LogP contribution in [0.25, 0.3) is 45.5 Å². The van der Waals surface area contributed by atoms with E-state index < -0.39 is 0 Å². The summed E-state index contributed by atoms with van der Waals surface area (Å²) in [6, 6.07) is 9.18. The molecule has 0 radical (unpaired) electrons. The molecule has 5 aromatic heterocycles. The number of hydrogen-bond donors (Lipinski definition) is 1. The molecule has 0 saturated heterocycles. The molecule has 0 aliphatic heterocycles. The largest absolute Gasteiger partial charge is 0.463 e. The lowest BCUT2D eigenvalue weighted by Gasteiger charge is -2.04. The normalized spacial score (nSPS) is 10.5. The van der Waals surface area contributed by atoms with Gasteiger partial charge in [0.25, 0.3) is 0 Å². The van der Waals surface area contributed by atoms with Gasteiger partial charge in [-0.3, -0.25) is 4.98 Å². The van der Waals surface area contributed by atoms with Crippen LogP contribution in [0.5, 0.6) is 0 Å². The standard InChI is InChI=1S/C18H11N7O.C2H6.H2/c1-3-11(9-19-6-1)16-24-17-18(25-16)23-15(13-4-2-8-26-13)14(22-17)12-5-7-20-10-21-12;1-2;/h1-10H,(H,22,23,24,25);1-2H3;1H. The van der Waals surface area contributed by atoms with E-state index in [9.17, 15) is 0 Å². The van der Waals surface area contributed by atoms with Crippen LogP contribution in [0, 0.1) is 0 Å². The number of furan rings is 1. The highest BCUT2D eigenvalue weighted by Gasteiger charge is 2.18. The van der Waals surface area contributed by atoms with E-state index >= 15 is 0 Å². The molecule has 0 aromatic carbocycles. The summed E-state index contributed by atoms with van der Waals surface area (Å²) in [5.74, 6) is 1.25. The molecule has 5 aromatic rings. The van der Waals surface area contributed by atoms with Gasteiger partial charge in [0.1, 0.15) is 23.5 Å². The minimum atomic E-state index is 0. The molecule has 0 amide bonds. The molecule has 8 nitrogen and oxygen atoms in total. The topological polar surface area (TPSA) is 106 Å².